The number of carbonyl (C=O) groups is 1. The van der Waals surface area contributed by atoms with E-state index in [0.29, 0.717) is 24.7 Å². The predicted octanol–water partition coefficient (Wildman–Crippen LogP) is 2.15. The number of hydrogen-bond acceptors (Lipinski definition) is 9. The van der Waals surface area contributed by atoms with Gasteiger partial charge in [-0.05, 0) is 12.8 Å². The summed E-state index contributed by atoms with van der Waals surface area (Å²) in [5.74, 6) is 0.930. The Hall–Kier alpha value is -3.63. The van der Waals surface area contributed by atoms with Crippen molar-refractivity contribution in [2.75, 3.05) is 46.3 Å². The molecule has 1 unspecified atom stereocenters. The molecule has 0 N–H and O–H groups in total. The number of rotatable bonds is 7. The molecule has 166 valence electrons. The number of amides is 1. The fourth-order valence-electron chi connectivity index (χ4n) is 3.45. The van der Waals surface area contributed by atoms with E-state index >= 15 is 0 Å². The first kappa shape index (κ1) is 22.1. The molecule has 0 bridgehead atoms. The molecule has 1 atom stereocenters. The van der Waals surface area contributed by atoms with Crippen molar-refractivity contribution in [1.82, 2.24) is 14.9 Å². The number of hydrogen-bond donors (Lipinski definition) is 0. The van der Waals surface area contributed by atoms with Crippen LogP contribution in [0.15, 0.2) is 24.5 Å². The lowest BCUT2D eigenvalue weighted by atomic mass is 10.0. The maximum Gasteiger partial charge on any atom is 0.286 e. The third-order valence-corrected chi connectivity index (χ3v) is 4.94. The first-order valence-electron chi connectivity index (χ1n) is 9.70. The van der Waals surface area contributed by atoms with E-state index in [9.17, 15) is 14.9 Å². The van der Waals surface area contributed by atoms with Gasteiger partial charge in [0.15, 0.2) is 17.3 Å². The molecule has 1 fully saturated rings. The largest absolute Gasteiger partial charge is 0.493 e. The Bertz CT molecular complexity index is 967. The predicted molar refractivity (Wildman–Crippen MR) is 112 cm³/mol. The van der Waals surface area contributed by atoms with E-state index < -0.39 is 10.8 Å². The Kier molecular flexibility index (Phi) is 6.73. The molecule has 1 aliphatic heterocycles. The average molecular weight is 431 g/mol. The molecule has 1 aromatic carbocycles. The van der Waals surface area contributed by atoms with Crippen LogP contribution in [0, 0.1) is 10.1 Å². The van der Waals surface area contributed by atoms with Crippen LogP contribution in [0.4, 0.5) is 11.5 Å². The quantitative estimate of drug-likeness (QED) is 0.479. The monoisotopic (exact) mass is 431 g/mol. The van der Waals surface area contributed by atoms with Crippen LogP contribution in [-0.2, 0) is 0 Å². The number of nitrogens with zero attached hydrogens (tertiary/aromatic N) is 5. The van der Waals surface area contributed by atoms with Gasteiger partial charge in [-0.25, -0.2) is 9.97 Å². The smallest absolute Gasteiger partial charge is 0.286 e. The highest BCUT2D eigenvalue weighted by Crippen LogP contribution is 2.35. The van der Waals surface area contributed by atoms with E-state index in [1.165, 1.54) is 26.4 Å². The number of methoxy groups -OCH3 is 2. The number of nitro groups is 1. The number of carbonyl (C=O) groups excluding carboxylic acids is 1. The summed E-state index contributed by atoms with van der Waals surface area (Å²) in [6, 6.07) is 2.55. The van der Waals surface area contributed by atoms with Crippen LogP contribution >= 0.6 is 0 Å². The van der Waals surface area contributed by atoms with Crippen molar-refractivity contribution in [3.8, 4) is 17.4 Å². The molecule has 2 heterocycles. The number of ether oxygens (including phenoxy) is 3. The fourth-order valence-corrected chi connectivity index (χ4v) is 3.45. The molecule has 1 aromatic heterocycles. The van der Waals surface area contributed by atoms with E-state index in [4.69, 9.17) is 14.2 Å². The first-order chi connectivity index (χ1) is 14.8. The summed E-state index contributed by atoms with van der Waals surface area (Å²) in [6.45, 7) is 0.735. The van der Waals surface area contributed by atoms with Gasteiger partial charge in [0.05, 0.1) is 31.8 Å². The Labute approximate surface area is 179 Å². The second kappa shape index (κ2) is 9.45. The second-order valence-corrected chi connectivity index (χ2v) is 7.19. The van der Waals surface area contributed by atoms with Crippen molar-refractivity contribution in [2.24, 2.45) is 0 Å². The van der Waals surface area contributed by atoms with Crippen LogP contribution in [0.1, 0.15) is 23.2 Å². The molecule has 11 nitrogen and oxygen atoms in total. The third-order valence-electron chi connectivity index (χ3n) is 4.94. The summed E-state index contributed by atoms with van der Waals surface area (Å²) < 4.78 is 16.4. The molecular weight excluding hydrogens is 406 g/mol. The van der Waals surface area contributed by atoms with Crippen molar-refractivity contribution in [3.63, 3.8) is 0 Å². The van der Waals surface area contributed by atoms with Crippen molar-refractivity contribution >= 4 is 17.4 Å². The Morgan fingerprint density at radius 3 is 2.52 bits per heavy atom. The van der Waals surface area contributed by atoms with Crippen molar-refractivity contribution in [1.29, 1.82) is 0 Å². The van der Waals surface area contributed by atoms with Gasteiger partial charge in [0.2, 0.25) is 0 Å². The maximum atomic E-state index is 13.2. The second-order valence-electron chi connectivity index (χ2n) is 7.19. The number of aromatic nitrogens is 2. The molecule has 0 spiro atoms. The minimum absolute atomic E-state index is 0.0585. The standard InChI is InChI=1S/C20H25N5O6/c1-23(2)18-19(22-8-7-21-18)31-13-6-5-9-24(12-13)20(26)14-10-16(29-3)17(30-4)11-15(14)25(27)28/h7-8,10-11,13H,5-6,9,12H2,1-4H3. The van der Waals surface area contributed by atoms with Crippen molar-refractivity contribution < 1.29 is 23.9 Å². The maximum absolute atomic E-state index is 13.2. The zero-order chi connectivity index (χ0) is 22.5. The van der Waals surface area contributed by atoms with Gasteiger partial charge in [0.25, 0.3) is 17.5 Å². The highest BCUT2D eigenvalue weighted by Gasteiger charge is 2.32. The number of anilines is 1. The fraction of sp³-hybridized carbons (Fsp3) is 0.450. The van der Waals surface area contributed by atoms with E-state index in [2.05, 4.69) is 9.97 Å². The summed E-state index contributed by atoms with van der Waals surface area (Å²) in [7, 11) is 6.46. The molecule has 1 saturated heterocycles. The third kappa shape index (κ3) is 4.76. The normalized spacial score (nSPS) is 15.9. The zero-order valence-corrected chi connectivity index (χ0v) is 17.9. The van der Waals surface area contributed by atoms with Gasteiger partial charge in [-0.15, -0.1) is 0 Å². The zero-order valence-electron chi connectivity index (χ0n) is 17.9. The minimum atomic E-state index is -0.601. The van der Waals surface area contributed by atoms with Gasteiger partial charge in [-0.2, -0.15) is 0 Å². The molecule has 11 heteroatoms. The van der Waals surface area contributed by atoms with Crippen molar-refractivity contribution in [3.05, 3.63) is 40.2 Å². The summed E-state index contributed by atoms with van der Waals surface area (Å²) in [5.41, 5.74) is -0.397. The molecule has 3 rings (SSSR count). The number of nitro benzene ring substituents is 1. The van der Waals surface area contributed by atoms with Gasteiger partial charge in [0.1, 0.15) is 11.7 Å². The summed E-state index contributed by atoms with van der Waals surface area (Å²) in [6.07, 6.45) is 4.22. The van der Waals surface area contributed by atoms with Gasteiger partial charge >= 0.3 is 0 Å². The van der Waals surface area contributed by atoms with Gasteiger partial charge in [-0.1, -0.05) is 0 Å². The molecule has 2 aromatic rings. The highest BCUT2D eigenvalue weighted by molar-refractivity contribution is 5.99. The highest BCUT2D eigenvalue weighted by atomic mass is 16.6. The van der Waals surface area contributed by atoms with Gasteiger partial charge in [-0.3, -0.25) is 14.9 Å². The summed E-state index contributed by atoms with van der Waals surface area (Å²) in [4.78, 5) is 36.0. The van der Waals surface area contributed by atoms with Gasteiger partial charge in [0, 0.05) is 39.1 Å². The molecular formula is C20H25N5O6. The average Bonchev–Trinajstić information content (AvgIpc) is 2.77. The number of piperidine rings is 1. The first-order valence-corrected chi connectivity index (χ1v) is 9.70. The molecule has 0 radical (unpaired) electrons. The lowest BCUT2D eigenvalue weighted by molar-refractivity contribution is -0.385. The molecule has 0 saturated carbocycles. The lowest BCUT2D eigenvalue weighted by Crippen LogP contribution is -2.44. The Morgan fingerprint density at radius 1 is 1.19 bits per heavy atom. The Balaban J connectivity index is 1.84. The topological polar surface area (TPSA) is 120 Å². The SMILES string of the molecule is COc1cc(C(=O)N2CCCC(Oc3nccnc3N(C)C)C2)c([N+](=O)[O-])cc1OC. The van der Waals surface area contributed by atoms with Crippen LogP contribution in [-0.4, -0.2) is 73.2 Å². The minimum Gasteiger partial charge on any atom is -0.493 e. The summed E-state index contributed by atoms with van der Waals surface area (Å²) >= 11 is 0. The van der Waals surface area contributed by atoms with E-state index in [0.717, 1.165) is 6.42 Å². The van der Waals surface area contributed by atoms with Crippen LogP contribution in [0.5, 0.6) is 17.4 Å². The van der Waals surface area contributed by atoms with Crippen molar-refractivity contribution in [2.45, 2.75) is 18.9 Å². The molecule has 0 aliphatic carbocycles. The number of benzene rings is 1. The summed E-state index contributed by atoms with van der Waals surface area (Å²) in [5, 5.41) is 11.6. The van der Waals surface area contributed by atoms with Crippen LogP contribution < -0.4 is 19.1 Å². The van der Waals surface area contributed by atoms with E-state index in [1.807, 2.05) is 14.1 Å². The molecule has 1 amide bonds. The van der Waals surface area contributed by atoms with Crippen LogP contribution in [0.25, 0.3) is 0 Å². The van der Waals surface area contributed by atoms with Crippen LogP contribution in [0.3, 0.4) is 0 Å². The lowest BCUT2D eigenvalue weighted by Gasteiger charge is -2.33. The van der Waals surface area contributed by atoms with Crippen LogP contribution in [0.2, 0.25) is 0 Å². The Morgan fingerprint density at radius 2 is 1.87 bits per heavy atom. The molecule has 1 aliphatic rings. The van der Waals surface area contributed by atoms with E-state index in [-0.39, 0.29) is 35.4 Å². The number of likely N-dealkylation sites (tertiary alicyclic amines) is 1. The van der Waals surface area contributed by atoms with Gasteiger partial charge < -0.3 is 24.0 Å². The van der Waals surface area contributed by atoms with E-state index in [1.54, 1.807) is 22.2 Å². The molecule has 31 heavy (non-hydrogen) atoms.